The van der Waals surface area contributed by atoms with E-state index in [0.717, 1.165) is 5.69 Å². The van der Waals surface area contributed by atoms with Gasteiger partial charge in [-0.15, -0.1) is 0 Å². The lowest BCUT2D eigenvalue weighted by atomic mass is 10.2. The van der Waals surface area contributed by atoms with Gasteiger partial charge in [0, 0.05) is 36.4 Å². The summed E-state index contributed by atoms with van der Waals surface area (Å²) >= 11 is 5.98. The molecule has 1 aromatic carbocycles. The van der Waals surface area contributed by atoms with E-state index in [2.05, 4.69) is 9.71 Å². The van der Waals surface area contributed by atoms with Crippen molar-refractivity contribution >= 4 is 21.6 Å². The van der Waals surface area contributed by atoms with Crippen molar-refractivity contribution in [2.75, 3.05) is 6.54 Å². The number of sulfonamides is 1. The first-order valence-corrected chi connectivity index (χ1v) is 8.27. The van der Waals surface area contributed by atoms with Gasteiger partial charge in [0.1, 0.15) is 0 Å². The number of nitrogens with two attached hydrogens (primary N) is 1. The molecule has 0 aliphatic rings. The predicted octanol–water partition coefficient (Wildman–Crippen LogP) is 1.71. The zero-order valence-electron chi connectivity index (χ0n) is 11.3. The molecule has 0 spiro atoms. The van der Waals surface area contributed by atoms with Crippen molar-refractivity contribution in [3.05, 3.63) is 58.9 Å². The van der Waals surface area contributed by atoms with Crippen molar-refractivity contribution in [1.29, 1.82) is 0 Å². The molecule has 1 heterocycles. The highest BCUT2D eigenvalue weighted by Gasteiger charge is 2.15. The van der Waals surface area contributed by atoms with Gasteiger partial charge in [-0.1, -0.05) is 23.7 Å². The van der Waals surface area contributed by atoms with Crippen LogP contribution in [0.1, 0.15) is 11.3 Å². The molecule has 112 valence electrons. The molecule has 7 heteroatoms. The zero-order valence-corrected chi connectivity index (χ0v) is 12.9. The van der Waals surface area contributed by atoms with Crippen LogP contribution < -0.4 is 10.5 Å². The second-order valence-electron chi connectivity index (χ2n) is 4.43. The van der Waals surface area contributed by atoms with E-state index in [1.807, 2.05) is 18.2 Å². The Bertz CT molecular complexity index is 705. The average Bonchev–Trinajstić information content (AvgIpc) is 2.48. The van der Waals surface area contributed by atoms with Gasteiger partial charge in [-0.2, -0.15) is 0 Å². The lowest BCUT2D eigenvalue weighted by Gasteiger charge is -2.08. The van der Waals surface area contributed by atoms with Crippen LogP contribution in [0.15, 0.2) is 47.5 Å². The highest BCUT2D eigenvalue weighted by atomic mass is 35.5. The van der Waals surface area contributed by atoms with Gasteiger partial charge in [0.25, 0.3) is 0 Å². The Balaban J connectivity index is 2.03. The molecule has 1 aromatic heterocycles. The number of hydrogen-bond acceptors (Lipinski definition) is 4. The van der Waals surface area contributed by atoms with Crippen molar-refractivity contribution in [3.8, 4) is 0 Å². The molecule has 0 unspecified atom stereocenters. The number of halogens is 1. The number of nitrogens with one attached hydrogen (secondary N) is 1. The van der Waals surface area contributed by atoms with Crippen molar-refractivity contribution in [2.24, 2.45) is 5.73 Å². The molecule has 2 aromatic rings. The Kier molecular flexibility index (Phi) is 5.30. The number of aromatic nitrogens is 1. The van der Waals surface area contributed by atoms with Crippen LogP contribution in [0.25, 0.3) is 0 Å². The molecule has 0 fully saturated rings. The Labute approximate surface area is 129 Å². The zero-order chi connectivity index (χ0) is 15.3. The van der Waals surface area contributed by atoms with Crippen LogP contribution >= 0.6 is 11.6 Å². The van der Waals surface area contributed by atoms with E-state index < -0.39 is 10.0 Å². The van der Waals surface area contributed by atoms with Crippen molar-refractivity contribution < 1.29 is 8.42 Å². The van der Waals surface area contributed by atoms with Crippen molar-refractivity contribution in [2.45, 2.75) is 17.9 Å². The number of benzene rings is 1. The average molecular weight is 326 g/mol. The molecule has 5 nitrogen and oxygen atoms in total. The van der Waals surface area contributed by atoms with E-state index in [4.69, 9.17) is 17.3 Å². The molecule has 0 aliphatic carbocycles. The van der Waals surface area contributed by atoms with Crippen LogP contribution in [0.3, 0.4) is 0 Å². The topological polar surface area (TPSA) is 85.1 Å². The molecule has 0 saturated heterocycles. The molecule has 0 bridgehead atoms. The molecule has 0 amide bonds. The first-order valence-electron chi connectivity index (χ1n) is 6.41. The smallest absolute Gasteiger partial charge is 0.240 e. The standard InChI is InChI=1S/C14H16ClN3O2S/c15-14-9-13(5-4-11(14)10-16)21(19,20)18-8-6-12-3-1-2-7-17-12/h1-5,7,9,18H,6,8,10,16H2. The maximum Gasteiger partial charge on any atom is 0.240 e. The Hall–Kier alpha value is -1.47. The van der Waals surface area contributed by atoms with Gasteiger partial charge < -0.3 is 5.73 Å². The number of nitrogens with zero attached hydrogens (tertiary/aromatic N) is 1. The number of rotatable bonds is 6. The maximum atomic E-state index is 12.2. The minimum absolute atomic E-state index is 0.130. The van der Waals surface area contributed by atoms with Gasteiger partial charge in [-0.3, -0.25) is 4.98 Å². The predicted molar refractivity (Wildman–Crippen MR) is 82.5 cm³/mol. The SMILES string of the molecule is NCc1ccc(S(=O)(=O)NCCc2ccccn2)cc1Cl. The van der Waals surface area contributed by atoms with E-state index in [9.17, 15) is 8.42 Å². The fraction of sp³-hybridized carbons (Fsp3) is 0.214. The van der Waals surface area contributed by atoms with Crippen LogP contribution in [0.2, 0.25) is 5.02 Å². The molecule has 3 N–H and O–H groups in total. The molecular formula is C14H16ClN3O2S. The van der Waals surface area contributed by atoms with Crippen LogP contribution in [0.4, 0.5) is 0 Å². The van der Waals surface area contributed by atoms with Gasteiger partial charge in [0.2, 0.25) is 10.0 Å². The first-order chi connectivity index (χ1) is 10.0. The minimum Gasteiger partial charge on any atom is -0.326 e. The summed E-state index contributed by atoms with van der Waals surface area (Å²) < 4.78 is 26.8. The maximum absolute atomic E-state index is 12.2. The third-order valence-corrected chi connectivity index (χ3v) is 4.76. The largest absolute Gasteiger partial charge is 0.326 e. The quantitative estimate of drug-likeness (QED) is 0.846. The third kappa shape index (κ3) is 4.25. The highest BCUT2D eigenvalue weighted by Crippen LogP contribution is 2.20. The first kappa shape index (κ1) is 15.9. The van der Waals surface area contributed by atoms with Gasteiger partial charge >= 0.3 is 0 Å². The van der Waals surface area contributed by atoms with E-state index in [0.29, 0.717) is 17.0 Å². The Morgan fingerprint density at radius 3 is 2.67 bits per heavy atom. The van der Waals surface area contributed by atoms with Gasteiger partial charge in [0.05, 0.1) is 4.90 Å². The number of hydrogen-bond donors (Lipinski definition) is 2. The molecule has 0 saturated carbocycles. The highest BCUT2D eigenvalue weighted by molar-refractivity contribution is 7.89. The Morgan fingerprint density at radius 1 is 1.24 bits per heavy atom. The summed E-state index contributed by atoms with van der Waals surface area (Å²) in [5.41, 5.74) is 7.04. The minimum atomic E-state index is -3.58. The number of pyridine rings is 1. The molecular weight excluding hydrogens is 310 g/mol. The fourth-order valence-electron chi connectivity index (χ4n) is 1.80. The lowest BCUT2D eigenvalue weighted by molar-refractivity contribution is 0.581. The summed E-state index contributed by atoms with van der Waals surface area (Å²) in [6, 6.07) is 10.1. The lowest BCUT2D eigenvalue weighted by Crippen LogP contribution is -2.26. The Morgan fingerprint density at radius 2 is 2.05 bits per heavy atom. The molecule has 21 heavy (non-hydrogen) atoms. The second-order valence-corrected chi connectivity index (χ2v) is 6.60. The molecule has 0 atom stereocenters. The summed E-state index contributed by atoms with van der Waals surface area (Å²) in [4.78, 5) is 4.27. The van der Waals surface area contributed by atoms with Crippen LogP contribution in [0, 0.1) is 0 Å². The van der Waals surface area contributed by atoms with E-state index >= 15 is 0 Å². The summed E-state index contributed by atoms with van der Waals surface area (Å²) in [6.07, 6.45) is 2.20. The summed E-state index contributed by atoms with van der Waals surface area (Å²) in [5.74, 6) is 0. The van der Waals surface area contributed by atoms with Gasteiger partial charge in [-0.05, 0) is 29.8 Å². The fourth-order valence-corrected chi connectivity index (χ4v) is 3.18. The summed E-state index contributed by atoms with van der Waals surface area (Å²) in [7, 11) is -3.58. The second kappa shape index (κ2) is 7.00. The van der Waals surface area contributed by atoms with Gasteiger partial charge in [-0.25, -0.2) is 13.1 Å². The molecule has 2 rings (SSSR count). The van der Waals surface area contributed by atoms with Crippen molar-refractivity contribution in [1.82, 2.24) is 9.71 Å². The summed E-state index contributed by atoms with van der Waals surface area (Å²) in [5, 5.41) is 0.352. The summed E-state index contributed by atoms with van der Waals surface area (Å²) in [6.45, 7) is 0.544. The van der Waals surface area contributed by atoms with E-state index in [-0.39, 0.29) is 18.0 Å². The van der Waals surface area contributed by atoms with E-state index in [1.54, 1.807) is 12.3 Å². The molecule has 0 radical (unpaired) electrons. The van der Waals surface area contributed by atoms with Crippen LogP contribution in [-0.2, 0) is 23.0 Å². The van der Waals surface area contributed by atoms with Crippen molar-refractivity contribution in [3.63, 3.8) is 0 Å². The van der Waals surface area contributed by atoms with Crippen LogP contribution in [-0.4, -0.2) is 19.9 Å². The van der Waals surface area contributed by atoms with E-state index in [1.165, 1.54) is 12.1 Å². The normalized spacial score (nSPS) is 11.5. The van der Waals surface area contributed by atoms with Gasteiger partial charge in [0.15, 0.2) is 0 Å². The third-order valence-electron chi connectivity index (χ3n) is 2.95. The van der Waals surface area contributed by atoms with Crippen LogP contribution in [0.5, 0.6) is 0 Å². The molecule has 0 aliphatic heterocycles. The monoisotopic (exact) mass is 325 g/mol.